The largest absolute Gasteiger partial charge is 0.376 e. The Hall–Kier alpha value is -1.72. The average Bonchev–Trinajstić information content (AvgIpc) is 2.62. The zero-order valence-electron chi connectivity index (χ0n) is 9.95. The Bertz CT molecular complexity index is 479. The Labute approximate surface area is 103 Å². The molecule has 0 heterocycles. The van der Waals surface area contributed by atoms with Crippen LogP contribution in [-0.4, -0.2) is 11.0 Å². The normalized spacial score (nSPS) is 23.1. The van der Waals surface area contributed by atoms with E-state index in [-0.39, 0.29) is 11.7 Å². The van der Waals surface area contributed by atoms with Crippen molar-refractivity contribution in [2.24, 2.45) is 5.92 Å². The number of benzene rings is 1. The maximum Gasteiger partial charge on any atom is 0.327 e. The first kappa shape index (κ1) is 12.7. The van der Waals surface area contributed by atoms with Crippen LogP contribution in [0, 0.1) is 27.7 Å². The third kappa shape index (κ3) is 2.42. The molecule has 1 N–H and O–H groups in total. The summed E-state index contributed by atoms with van der Waals surface area (Å²) >= 11 is 0. The van der Waals surface area contributed by atoms with Crippen LogP contribution in [0.15, 0.2) is 12.1 Å². The van der Waals surface area contributed by atoms with Gasteiger partial charge in [-0.05, 0) is 18.8 Å². The number of hydrogen-bond donors (Lipinski definition) is 1. The van der Waals surface area contributed by atoms with Crippen LogP contribution in [0.5, 0.6) is 0 Å². The van der Waals surface area contributed by atoms with Gasteiger partial charge in [0.05, 0.1) is 4.92 Å². The Kier molecular flexibility index (Phi) is 3.45. The van der Waals surface area contributed by atoms with Gasteiger partial charge in [0.15, 0.2) is 0 Å². The molecule has 2 rings (SSSR count). The molecule has 0 amide bonds. The van der Waals surface area contributed by atoms with Gasteiger partial charge in [-0.3, -0.25) is 10.1 Å². The van der Waals surface area contributed by atoms with Crippen LogP contribution >= 0.6 is 0 Å². The van der Waals surface area contributed by atoms with Crippen molar-refractivity contribution in [1.82, 2.24) is 0 Å². The summed E-state index contributed by atoms with van der Waals surface area (Å²) in [5.41, 5.74) is -0.758. The minimum Gasteiger partial charge on any atom is -0.376 e. The summed E-state index contributed by atoms with van der Waals surface area (Å²) in [5, 5.41) is 13.7. The average molecular weight is 256 g/mol. The SMILES string of the molecule is CC1CCCC1Nc1cc(F)cc(F)c1[N+](=O)[O-]. The number of anilines is 1. The van der Waals surface area contributed by atoms with Crippen LogP contribution in [0.2, 0.25) is 0 Å². The second-order valence-corrected chi connectivity index (χ2v) is 4.70. The first-order valence-electron chi connectivity index (χ1n) is 5.89. The maximum absolute atomic E-state index is 13.4. The van der Waals surface area contributed by atoms with Crippen molar-refractivity contribution in [1.29, 1.82) is 0 Å². The second kappa shape index (κ2) is 4.88. The molecule has 18 heavy (non-hydrogen) atoms. The lowest BCUT2D eigenvalue weighted by Gasteiger charge is -2.18. The van der Waals surface area contributed by atoms with Gasteiger partial charge in [-0.15, -0.1) is 0 Å². The maximum atomic E-state index is 13.4. The third-order valence-electron chi connectivity index (χ3n) is 3.41. The summed E-state index contributed by atoms with van der Waals surface area (Å²) in [5.74, 6) is -1.62. The van der Waals surface area contributed by atoms with E-state index >= 15 is 0 Å². The van der Waals surface area contributed by atoms with Gasteiger partial charge in [-0.2, -0.15) is 4.39 Å². The molecule has 2 unspecified atom stereocenters. The van der Waals surface area contributed by atoms with Gasteiger partial charge in [0.1, 0.15) is 11.5 Å². The molecular weight excluding hydrogens is 242 g/mol. The molecule has 0 saturated heterocycles. The highest BCUT2D eigenvalue weighted by Gasteiger charge is 2.28. The van der Waals surface area contributed by atoms with E-state index in [2.05, 4.69) is 5.32 Å². The molecule has 0 spiro atoms. The highest BCUT2D eigenvalue weighted by Crippen LogP contribution is 2.33. The summed E-state index contributed by atoms with van der Waals surface area (Å²) in [6.07, 6.45) is 2.89. The molecule has 0 radical (unpaired) electrons. The van der Waals surface area contributed by atoms with E-state index in [0.717, 1.165) is 25.3 Å². The second-order valence-electron chi connectivity index (χ2n) is 4.70. The number of nitrogens with zero attached hydrogens (tertiary/aromatic N) is 1. The van der Waals surface area contributed by atoms with Gasteiger partial charge >= 0.3 is 5.69 Å². The zero-order chi connectivity index (χ0) is 13.3. The summed E-state index contributed by atoms with van der Waals surface area (Å²) < 4.78 is 26.6. The molecule has 1 aliphatic carbocycles. The van der Waals surface area contributed by atoms with Gasteiger partial charge in [-0.1, -0.05) is 13.3 Å². The summed E-state index contributed by atoms with van der Waals surface area (Å²) in [6.45, 7) is 2.02. The van der Waals surface area contributed by atoms with Crippen molar-refractivity contribution < 1.29 is 13.7 Å². The molecule has 98 valence electrons. The van der Waals surface area contributed by atoms with E-state index < -0.39 is 22.2 Å². The van der Waals surface area contributed by atoms with Crippen LogP contribution in [0.3, 0.4) is 0 Å². The van der Waals surface area contributed by atoms with E-state index in [0.29, 0.717) is 12.0 Å². The number of nitro groups is 1. The quantitative estimate of drug-likeness (QED) is 0.665. The van der Waals surface area contributed by atoms with Gasteiger partial charge in [-0.25, -0.2) is 4.39 Å². The molecule has 0 aliphatic heterocycles. The molecule has 0 aromatic heterocycles. The first-order valence-corrected chi connectivity index (χ1v) is 5.89. The topological polar surface area (TPSA) is 55.2 Å². The van der Waals surface area contributed by atoms with Crippen molar-refractivity contribution in [2.45, 2.75) is 32.2 Å². The zero-order valence-corrected chi connectivity index (χ0v) is 9.95. The van der Waals surface area contributed by atoms with Crippen LogP contribution in [-0.2, 0) is 0 Å². The standard InChI is InChI=1S/C12H14F2N2O2/c1-7-3-2-4-10(7)15-11-6-8(13)5-9(14)12(11)16(17)18/h5-7,10,15H,2-4H2,1H3. The number of nitro benzene ring substituents is 1. The number of nitrogens with one attached hydrogen (secondary N) is 1. The lowest BCUT2D eigenvalue weighted by Crippen LogP contribution is -2.22. The predicted octanol–water partition coefficient (Wildman–Crippen LogP) is 3.47. The van der Waals surface area contributed by atoms with Crippen LogP contribution in [0.1, 0.15) is 26.2 Å². The summed E-state index contributed by atoms with van der Waals surface area (Å²) in [6, 6.07) is 1.54. The Balaban J connectivity index is 2.33. The molecule has 4 nitrogen and oxygen atoms in total. The van der Waals surface area contributed by atoms with Gasteiger partial charge in [0.25, 0.3) is 0 Å². The summed E-state index contributed by atoms with van der Waals surface area (Å²) in [7, 11) is 0. The van der Waals surface area contributed by atoms with Gasteiger partial charge < -0.3 is 5.32 Å². The fraction of sp³-hybridized carbons (Fsp3) is 0.500. The lowest BCUT2D eigenvalue weighted by molar-refractivity contribution is -0.386. The van der Waals surface area contributed by atoms with E-state index in [1.54, 1.807) is 0 Å². The molecule has 1 aliphatic rings. The molecule has 0 bridgehead atoms. The minimum absolute atomic E-state index is 0.0323. The van der Waals surface area contributed by atoms with Crippen molar-refractivity contribution >= 4 is 11.4 Å². The Morgan fingerprint density at radius 3 is 2.67 bits per heavy atom. The Morgan fingerprint density at radius 1 is 1.39 bits per heavy atom. The molecule has 1 fully saturated rings. The van der Waals surface area contributed by atoms with E-state index in [4.69, 9.17) is 0 Å². The Morgan fingerprint density at radius 2 is 2.11 bits per heavy atom. The van der Waals surface area contributed by atoms with Crippen molar-refractivity contribution in [3.05, 3.63) is 33.9 Å². The number of hydrogen-bond acceptors (Lipinski definition) is 3. The summed E-state index contributed by atoms with van der Waals surface area (Å²) in [4.78, 5) is 9.99. The van der Waals surface area contributed by atoms with Crippen molar-refractivity contribution in [3.8, 4) is 0 Å². The lowest BCUT2D eigenvalue weighted by atomic mass is 10.1. The molecule has 1 aromatic rings. The smallest absolute Gasteiger partial charge is 0.327 e. The minimum atomic E-state index is -1.15. The third-order valence-corrected chi connectivity index (χ3v) is 3.41. The fourth-order valence-electron chi connectivity index (χ4n) is 2.42. The monoisotopic (exact) mass is 256 g/mol. The van der Waals surface area contributed by atoms with E-state index in [1.807, 2.05) is 6.92 Å². The fourth-order valence-corrected chi connectivity index (χ4v) is 2.42. The highest BCUT2D eigenvalue weighted by atomic mass is 19.1. The first-order chi connectivity index (χ1) is 8.49. The predicted molar refractivity (Wildman–Crippen MR) is 63.4 cm³/mol. The molecular formula is C12H14F2N2O2. The van der Waals surface area contributed by atoms with Crippen LogP contribution < -0.4 is 5.32 Å². The number of halogens is 2. The van der Waals surface area contributed by atoms with Gasteiger partial charge in [0.2, 0.25) is 5.82 Å². The molecule has 2 atom stereocenters. The molecule has 6 heteroatoms. The number of rotatable bonds is 3. The van der Waals surface area contributed by atoms with Crippen LogP contribution in [0.25, 0.3) is 0 Å². The molecule has 1 saturated carbocycles. The van der Waals surface area contributed by atoms with E-state index in [9.17, 15) is 18.9 Å². The van der Waals surface area contributed by atoms with Crippen LogP contribution in [0.4, 0.5) is 20.2 Å². The van der Waals surface area contributed by atoms with E-state index in [1.165, 1.54) is 0 Å². The highest BCUT2D eigenvalue weighted by molar-refractivity contribution is 5.62. The molecule has 1 aromatic carbocycles. The van der Waals surface area contributed by atoms with Crippen molar-refractivity contribution in [2.75, 3.05) is 5.32 Å². The van der Waals surface area contributed by atoms with Crippen molar-refractivity contribution in [3.63, 3.8) is 0 Å². The van der Waals surface area contributed by atoms with Gasteiger partial charge in [0, 0.05) is 18.2 Å².